The Hall–Kier alpha value is -3.02. The molecule has 0 saturated carbocycles. The Kier molecular flexibility index (Phi) is 6.60. The molecule has 6 nitrogen and oxygen atoms in total. The molecule has 6 heteroatoms. The minimum absolute atomic E-state index is 0.449. The molecule has 1 amide bonds. The largest absolute Gasteiger partial charge is 0.493 e. The molecule has 2 aromatic rings. The average molecular weight is 356 g/mol. The van der Waals surface area contributed by atoms with E-state index < -0.39 is 11.7 Å². The van der Waals surface area contributed by atoms with Gasteiger partial charge in [-0.2, -0.15) is 5.10 Å². The zero-order valence-corrected chi connectivity index (χ0v) is 15.5. The number of nitrogens with one attached hydrogen (secondary N) is 1. The minimum atomic E-state index is -0.608. The third-order valence-corrected chi connectivity index (χ3v) is 3.19. The molecule has 0 aliphatic heterocycles. The average Bonchev–Trinajstić information content (AvgIpc) is 2.59. The highest BCUT2D eigenvalue weighted by molar-refractivity contribution is 5.82. The first-order valence-electron chi connectivity index (χ1n) is 8.24. The molecule has 0 aromatic heterocycles. The van der Waals surface area contributed by atoms with Crippen LogP contribution in [0.1, 0.15) is 31.9 Å². The molecule has 0 aliphatic rings. The van der Waals surface area contributed by atoms with Gasteiger partial charge in [-0.25, -0.2) is 10.2 Å². The Morgan fingerprint density at radius 1 is 1.12 bits per heavy atom. The fourth-order valence-corrected chi connectivity index (χ4v) is 2.08. The maximum atomic E-state index is 11.6. The van der Waals surface area contributed by atoms with E-state index in [1.54, 1.807) is 40.0 Å². The number of hydrogen-bond donors (Lipinski definition) is 1. The van der Waals surface area contributed by atoms with Crippen LogP contribution in [0.25, 0.3) is 0 Å². The minimum Gasteiger partial charge on any atom is -0.493 e. The summed E-state index contributed by atoms with van der Waals surface area (Å²) < 4.78 is 16.3. The van der Waals surface area contributed by atoms with Crippen molar-refractivity contribution in [2.75, 3.05) is 7.11 Å². The van der Waals surface area contributed by atoms with E-state index in [0.29, 0.717) is 18.1 Å². The summed E-state index contributed by atoms with van der Waals surface area (Å²) in [5.74, 6) is 1.22. The van der Waals surface area contributed by atoms with Crippen molar-refractivity contribution in [2.45, 2.75) is 33.0 Å². The maximum absolute atomic E-state index is 11.6. The molecule has 0 heterocycles. The lowest BCUT2D eigenvalue weighted by molar-refractivity contribution is 0.0529. The summed E-state index contributed by atoms with van der Waals surface area (Å²) in [7, 11) is 1.57. The summed E-state index contributed by atoms with van der Waals surface area (Å²) in [6.07, 6.45) is 0.900. The van der Waals surface area contributed by atoms with Gasteiger partial charge in [0.25, 0.3) is 0 Å². The second-order valence-electron chi connectivity index (χ2n) is 6.56. The van der Waals surface area contributed by atoms with Crippen molar-refractivity contribution in [1.29, 1.82) is 0 Å². The van der Waals surface area contributed by atoms with E-state index in [1.807, 2.05) is 36.4 Å². The number of carbonyl (C=O) groups is 1. The lowest BCUT2D eigenvalue weighted by atomic mass is 10.2. The number of ether oxygens (including phenoxy) is 3. The van der Waals surface area contributed by atoms with Crippen LogP contribution in [0.3, 0.4) is 0 Å². The molecule has 0 aliphatic carbocycles. The second kappa shape index (κ2) is 8.89. The number of rotatable bonds is 6. The third kappa shape index (κ3) is 6.47. The molecule has 26 heavy (non-hydrogen) atoms. The first kappa shape index (κ1) is 19.3. The molecule has 2 rings (SSSR count). The topological polar surface area (TPSA) is 69.2 Å². The van der Waals surface area contributed by atoms with E-state index in [4.69, 9.17) is 14.2 Å². The number of methoxy groups -OCH3 is 1. The van der Waals surface area contributed by atoms with Crippen LogP contribution in [0, 0.1) is 0 Å². The van der Waals surface area contributed by atoms with Crippen LogP contribution in [0.5, 0.6) is 11.5 Å². The summed E-state index contributed by atoms with van der Waals surface area (Å²) in [4.78, 5) is 11.6. The quantitative estimate of drug-likeness (QED) is 0.624. The molecule has 0 fully saturated rings. The van der Waals surface area contributed by atoms with Crippen molar-refractivity contribution >= 4 is 12.3 Å². The number of nitrogens with zero attached hydrogens (tertiary/aromatic N) is 1. The highest BCUT2D eigenvalue weighted by Gasteiger charge is 2.15. The first-order valence-corrected chi connectivity index (χ1v) is 8.24. The van der Waals surface area contributed by atoms with E-state index in [1.165, 1.54) is 6.21 Å². The summed E-state index contributed by atoms with van der Waals surface area (Å²) in [5, 5.41) is 3.88. The number of carbonyl (C=O) groups excluding carboxylic acids is 1. The molecule has 2 aromatic carbocycles. The van der Waals surface area contributed by atoms with Gasteiger partial charge in [0.2, 0.25) is 0 Å². The molecule has 0 atom stereocenters. The Morgan fingerprint density at radius 3 is 2.50 bits per heavy atom. The van der Waals surface area contributed by atoms with Crippen molar-refractivity contribution in [3.05, 3.63) is 59.7 Å². The monoisotopic (exact) mass is 356 g/mol. The molecular weight excluding hydrogens is 332 g/mol. The Morgan fingerprint density at radius 2 is 1.85 bits per heavy atom. The molecule has 0 unspecified atom stereocenters. The van der Waals surface area contributed by atoms with Gasteiger partial charge in [0.05, 0.1) is 13.3 Å². The van der Waals surface area contributed by atoms with Crippen LogP contribution in [-0.4, -0.2) is 25.0 Å². The van der Waals surface area contributed by atoms with Gasteiger partial charge in [-0.05, 0) is 50.1 Å². The molecule has 0 radical (unpaired) electrons. The van der Waals surface area contributed by atoms with Gasteiger partial charge in [0, 0.05) is 0 Å². The second-order valence-corrected chi connectivity index (χ2v) is 6.56. The van der Waals surface area contributed by atoms with Gasteiger partial charge in [0.15, 0.2) is 11.5 Å². The summed E-state index contributed by atoms with van der Waals surface area (Å²) in [5.41, 5.74) is 3.58. The Bertz CT molecular complexity index is 752. The van der Waals surface area contributed by atoms with Crippen molar-refractivity contribution in [3.63, 3.8) is 0 Å². The number of amides is 1. The van der Waals surface area contributed by atoms with Gasteiger partial charge in [-0.1, -0.05) is 30.3 Å². The van der Waals surface area contributed by atoms with E-state index in [-0.39, 0.29) is 0 Å². The normalized spacial score (nSPS) is 11.2. The molecule has 138 valence electrons. The van der Waals surface area contributed by atoms with Crippen LogP contribution in [0.4, 0.5) is 4.79 Å². The van der Waals surface area contributed by atoms with Crippen molar-refractivity contribution in [2.24, 2.45) is 5.10 Å². The smallest absolute Gasteiger partial charge is 0.428 e. The zero-order valence-electron chi connectivity index (χ0n) is 15.5. The summed E-state index contributed by atoms with van der Waals surface area (Å²) in [6.45, 7) is 5.81. The van der Waals surface area contributed by atoms with Crippen molar-refractivity contribution in [3.8, 4) is 11.5 Å². The summed E-state index contributed by atoms with van der Waals surface area (Å²) >= 11 is 0. The molecule has 0 bridgehead atoms. The highest BCUT2D eigenvalue weighted by atomic mass is 16.6. The number of hydrogen-bond acceptors (Lipinski definition) is 5. The third-order valence-electron chi connectivity index (χ3n) is 3.19. The molecule has 0 spiro atoms. The lowest BCUT2D eigenvalue weighted by Crippen LogP contribution is -2.29. The standard InChI is InChI=1S/C20H24N2O4/c1-20(2,3)26-19(23)22-21-13-16-10-11-17(18(12-16)24-4)25-14-15-8-6-5-7-9-15/h5-13H,14H2,1-4H3,(H,22,23). The lowest BCUT2D eigenvalue weighted by Gasteiger charge is -2.18. The molecule has 1 N–H and O–H groups in total. The highest BCUT2D eigenvalue weighted by Crippen LogP contribution is 2.28. The van der Waals surface area contributed by atoms with Crippen LogP contribution < -0.4 is 14.9 Å². The van der Waals surface area contributed by atoms with E-state index in [2.05, 4.69) is 10.5 Å². The number of benzene rings is 2. The first-order chi connectivity index (χ1) is 12.4. The maximum Gasteiger partial charge on any atom is 0.428 e. The fourth-order valence-electron chi connectivity index (χ4n) is 2.08. The number of hydrazone groups is 1. The van der Waals surface area contributed by atoms with Crippen LogP contribution in [-0.2, 0) is 11.3 Å². The SMILES string of the molecule is COc1cc(C=NNC(=O)OC(C)(C)C)ccc1OCc1ccccc1. The van der Waals surface area contributed by atoms with Gasteiger partial charge < -0.3 is 14.2 Å². The van der Waals surface area contributed by atoms with Crippen molar-refractivity contribution < 1.29 is 19.0 Å². The molecular formula is C20H24N2O4. The van der Waals surface area contributed by atoms with Gasteiger partial charge in [-0.3, -0.25) is 0 Å². The van der Waals surface area contributed by atoms with Gasteiger partial charge in [-0.15, -0.1) is 0 Å². The predicted octanol–water partition coefficient (Wildman–Crippen LogP) is 4.13. The van der Waals surface area contributed by atoms with Crippen LogP contribution in [0.2, 0.25) is 0 Å². The van der Waals surface area contributed by atoms with Gasteiger partial charge >= 0.3 is 6.09 Å². The fraction of sp³-hybridized carbons (Fsp3) is 0.300. The van der Waals surface area contributed by atoms with E-state index >= 15 is 0 Å². The summed E-state index contributed by atoms with van der Waals surface area (Å²) in [6, 6.07) is 15.3. The van der Waals surface area contributed by atoms with Crippen molar-refractivity contribution in [1.82, 2.24) is 5.43 Å². The predicted molar refractivity (Wildman–Crippen MR) is 101 cm³/mol. The van der Waals surface area contributed by atoms with Crippen LogP contribution >= 0.6 is 0 Å². The Balaban J connectivity index is 1.97. The van der Waals surface area contributed by atoms with Gasteiger partial charge in [0.1, 0.15) is 12.2 Å². The molecule has 0 saturated heterocycles. The zero-order chi connectivity index (χ0) is 19.0. The van der Waals surface area contributed by atoms with E-state index in [9.17, 15) is 4.79 Å². The van der Waals surface area contributed by atoms with E-state index in [0.717, 1.165) is 11.1 Å². The Labute approximate surface area is 153 Å². The van der Waals surface area contributed by atoms with Crippen LogP contribution in [0.15, 0.2) is 53.6 Å².